The molecular weight excluding hydrogens is 194 g/mol. The second kappa shape index (κ2) is 5.42. The van der Waals surface area contributed by atoms with Crippen LogP contribution in [0.2, 0.25) is 0 Å². The van der Waals surface area contributed by atoms with E-state index in [1.807, 2.05) is 0 Å². The van der Waals surface area contributed by atoms with Gasteiger partial charge in [0.15, 0.2) is 5.60 Å². The SMILES string of the molecule is COC(=O)C1(O)CCCNCC1.Cl. The number of carbonyl (C=O) groups is 1. The normalized spacial score (nSPS) is 28.5. The van der Waals surface area contributed by atoms with E-state index >= 15 is 0 Å². The van der Waals surface area contributed by atoms with Gasteiger partial charge >= 0.3 is 5.97 Å². The number of ether oxygens (including phenoxy) is 1. The Hall–Kier alpha value is -0.320. The van der Waals surface area contributed by atoms with Crippen LogP contribution in [0.25, 0.3) is 0 Å². The van der Waals surface area contributed by atoms with Crippen molar-refractivity contribution < 1.29 is 14.6 Å². The molecule has 0 aliphatic carbocycles. The first-order chi connectivity index (χ1) is 5.69. The first-order valence-corrected chi connectivity index (χ1v) is 4.20. The highest BCUT2D eigenvalue weighted by molar-refractivity contribution is 5.85. The molecular formula is C8H16ClNO3. The van der Waals surface area contributed by atoms with Gasteiger partial charge in [0, 0.05) is 0 Å². The van der Waals surface area contributed by atoms with E-state index in [1.54, 1.807) is 0 Å². The maximum absolute atomic E-state index is 11.1. The summed E-state index contributed by atoms with van der Waals surface area (Å²) in [4.78, 5) is 11.1. The van der Waals surface area contributed by atoms with Crippen LogP contribution in [-0.4, -0.2) is 36.9 Å². The molecule has 0 saturated carbocycles. The quantitative estimate of drug-likeness (QED) is 0.601. The summed E-state index contributed by atoms with van der Waals surface area (Å²) in [7, 11) is 1.30. The van der Waals surface area contributed by atoms with Gasteiger partial charge in [-0.05, 0) is 32.4 Å². The minimum Gasteiger partial charge on any atom is -0.467 e. The van der Waals surface area contributed by atoms with Gasteiger partial charge in [0.05, 0.1) is 7.11 Å². The largest absolute Gasteiger partial charge is 0.467 e. The Bertz CT molecular complexity index is 167. The number of hydrogen-bond acceptors (Lipinski definition) is 4. The smallest absolute Gasteiger partial charge is 0.337 e. The second-order valence-electron chi connectivity index (χ2n) is 3.13. The van der Waals surface area contributed by atoms with E-state index in [2.05, 4.69) is 10.1 Å². The number of hydrogen-bond donors (Lipinski definition) is 2. The lowest BCUT2D eigenvalue weighted by atomic mass is 9.95. The van der Waals surface area contributed by atoms with Crippen molar-refractivity contribution in [2.24, 2.45) is 0 Å². The Morgan fingerprint density at radius 3 is 2.77 bits per heavy atom. The predicted octanol–water partition coefficient (Wildman–Crippen LogP) is 0.0858. The molecule has 0 aromatic carbocycles. The molecule has 0 aromatic rings. The summed E-state index contributed by atoms with van der Waals surface area (Å²) in [6.45, 7) is 1.53. The average Bonchev–Trinajstić information content (AvgIpc) is 2.29. The van der Waals surface area contributed by atoms with Crippen molar-refractivity contribution in [3.63, 3.8) is 0 Å². The molecule has 5 heteroatoms. The van der Waals surface area contributed by atoms with Gasteiger partial charge in [-0.1, -0.05) is 0 Å². The molecule has 0 radical (unpaired) electrons. The van der Waals surface area contributed by atoms with Crippen molar-refractivity contribution in [1.29, 1.82) is 0 Å². The molecule has 0 bridgehead atoms. The Balaban J connectivity index is 0.00000144. The standard InChI is InChI=1S/C8H15NO3.ClH/c1-12-7(10)8(11)3-2-5-9-6-4-8;/h9,11H,2-6H2,1H3;1H. The maximum atomic E-state index is 11.1. The minimum absolute atomic E-state index is 0. The summed E-state index contributed by atoms with van der Waals surface area (Å²) in [5, 5.41) is 12.9. The molecule has 1 aliphatic rings. The van der Waals surface area contributed by atoms with E-state index in [0.717, 1.165) is 13.0 Å². The zero-order valence-electron chi connectivity index (χ0n) is 7.71. The van der Waals surface area contributed by atoms with Crippen LogP contribution < -0.4 is 5.32 Å². The van der Waals surface area contributed by atoms with Crippen molar-refractivity contribution in [2.45, 2.75) is 24.9 Å². The molecule has 1 heterocycles. The molecule has 2 N–H and O–H groups in total. The topological polar surface area (TPSA) is 58.6 Å². The Morgan fingerprint density at radius 2 is 2.15 bits per heavy atom. The number of esters is 1. The molecule has 1 fully saturated rings. The fourth-order valence-corrected chi connectivity index (χ4v) is 1.45. The summed E-state index contributed by atoms with van der Waals surface area (Å²) in [6, 6.07) is 0. The highest BCUT2D eigenvalue weighted by Crippen LogP contribution is 2.20. The fourth-order valence-electron chi connectivity index (χ4n) is 1.45. The van der Waals surface area contributed by atoms with Gasteiger partial charge in [-0.3, -0.25) is 0 Å². The summed E-state index contributed by atoms with van der Waals surface area (Å²) in [6.07, 6.45) is 1.75. The predicted molar refractivity (Wildman–Crippen MR) is 50.9 cm³/mol. The molecule has 4 nitrogen and oxygen atoms in total. The average molecular weight is 210 g/mol. The van der Waals surface area contributed by atoms with Gasteiger partial charge in [-0.25, -0.2) is 4.79 Å². The third-order valence-corrected chi connectivity index (χ3v) is 2.22. The molecule has 1 saturated heterocycles. The first-order valence-electron chi connectivity index (χ1n) is 4.20. The van der Waals surface area contributed by atoms with E-state index in [9.17, 15) is 9.90 Å². The van der Waals surface area contributed by atoms with Gasteiger partial charge in [0.25, 0.3) is 0 Å². The van der Waals surface area contributed by atoms with Gasteiger partial charge in [0.1, 0.15) is 0 Å². The van der Waals surface area contributed by atoms with Crippen LogP contribution in [0.1, 0.15) is 19.3 Å². The van der Waals surface area contributed by atoms with E-state index < -0.39 is 11.6 Å². The van der Waals surface area contributed by atoms with Crippen LogP contribution in [0.3, 0.4) is 0 Å². The molecule has 1 unspecified atom stereocenters. The highest BCUT2D eigenvalue weighted by Gasteiger charge is 2.36. The van der Waals surface area contributed by atoms with E-state index in [-0.39, 0.29) is 12.4 Å². The van der Waals surface area contributed by atoms with Crippen LogP contribution in [0.5, 0.6) is 0 Å². The van der Waals surface area contributed by atoms with Gasteiger partial charge in [-0.2, -0.15) is 0 Å². The van der Waals surface area contributed by atoms with Crippen LogP contribution in [0.4, 0.5) is 0 Å². The van der Waals surface area contributed by atoms with Crippen LogP contribution in [-0.2, 0) is 9.53 Å². The lowest BCUT2D eigenvalue weighted by Crippen LogP contribution is -2.40. The second-order valence-corrected chi connectivity index (χ2v) is 3.13. The molecule has 0 aromatic heterocycles. The van der Waals surface area contributed by atoms with Crippen molar-refractivity contribution in [3.05, 3.63) is 0 Å². The highest BCUT2D eigenvalue weighted by atomic mass is 35.5. The molecule has 78 valence electrons. The molecule has 13 heavy (non-hydrogen) atoms. The summed E-state index contributed by atoms with van der Waals surface area (Å²) >= 11 is 0. The number of methoxy groups -OCH3 is 1. The first kappa shape index (κ1) is 12.7. The Morgan fingerprint density at radius 1 is 1.46 bits per heavy atom. The van der Waals surface area contributed by atoms with E-state index in [4.69, 9.17) is 0 Å². The van der Waals surface area contributed by atoms with Crippen LogP contribution >= 0.6 is 12.4 Å². The van der Waals surface area contributed by atoms with Crippen molar-refractivity contribution in [1.82, 2.24) is 5.32 Å². The third kappa shape index (κ3) is 3.14. The van der Waals surface area contributed by atoms with Gasteiger partial charge in [0.2, 0.25) is 0 Å². The number of nitrogens with one attached hydrogen (secondary N) is 1. The lowest BCUT2D eigenvalue weighted by Gasteiger charge is -2.22. The Kier molecular flexibility index (Phi) is 5.29. The number of aliphatic hydroxyl groups is 1. The zero-order chi connectivity index (χ0) is 9.03. The van der Waals surface area contributed by atoms with Gasteiger partial charge < -0.3 is 15.2 Å². The fraction of sp³-hybridized carbons (Fsp3) is 0.875. The Labute approximate surface area is 84.1 Å². The van der Waals surface area contributed by atoms with Crippen molar-refractivity contribution >= 4 is 18.4 Å². The van der Waals surface area contributed by atoms with Crippen molar-refractivity contribution in [2.75, 3.05) is 20.2 Å². The van der Waals surface area contributed by atoms with Crippen LogP contribution in [0, 0.1) is 0 Å². The lowest BCUT2D eigenvalue weighted by molar-refractivity contribution is -0.163. The van der Waals surface area contributed by atoms with E-state index in [1.165, 1.54) is 7.11 Å². The zero-order valence-corrected chi connectivity index (χ0v) is 8.52. The summed E-state index contributed by atoms with van der Waals surface area (Å²) in [5.74, 6) is -0.508. The molecule has 0 spiro atoms. The van der Waals surface area contributed by atoms with Gasteiger partial charge in [-0.15, -0.1) is 12.4 Å². The molecule has 0 amide bonds. The molecule has 1 atom stereocenters. The van der Waals surface area contributed by atoms with E-state index in [0.29, 0.717) is 19.4 Å². The number of carbonyl (C=O) groups excluding carboxylic acids is 1. The summed E-state index contributed by atoms with van der Waals surface area (Å²) < 4.78 is 4.53. The van der Waals surface area contributed by atoms with Crippen molar-refractivity contribution in [3.8, 4) is 0 Å². The maximum Gasteiger partial charge on any atom is 0.337 e. The number of halogens is 1. The van der Waals surface area contributed by atoms with Crippen LogP contribution in [0.15, 0.2) is 0 Å². The molecule has 1 aliphatic heterocycles. The monoisotopic (exact) mass is 209 g/mol. The minimum atomic E-state index is -1.25. The summed E-state index contributed by atoms with van der Waals surface area (Å²) in [5.41, 5.74) is -1.25. The number of rotatable bonds is 1. The molecule has 1 rings (SSSR count). The third-order valence-electron chi connectivity index (χ3n) is 2.22.